The molecule has 1 N–H and O–H groups in total. The van der Waals surface area contributed by atoms with E-state index in [1.807, 2.05) is 40.7 Å². The van der Waals surface area contributed by atoms with Gasteiger partial charge in [0, 0.05) is 26.2 Å². The number of para-hydroxylation sites is 2. The van der Waals surface area contributed by atoms with E-state index in [-0.39, 0.29) is 18.4 Å². The Balaban J connectivity index is 1.46. The van der Waals surface area contributed by atoms with Gasteiger partial charge in [0.1, 0.15) is 12.4 Å². The van der Waals surface area contributed by atoms with Gasteiger partial charge in [-0.15, -0.1) is 0 Å². The van der Waals surface area contributed by atoms with E-state index >= 15 is 0 Å². The van der Waals surface area contributed by atoms with Crippen LogP contribution in [-0.4, -0.2) is 69.7 Å². The van der Waals surface area contributed by atoms with Gasteiger partial charge in [0.05, 0.1) is 11.0 Å². The van der Waals surface area contributed by atoms with E-state index in [1.165, 1.54) is 25.9 Å². The first-order valence-electron chi connectivity index (χ1n) is 10.2. The summed E-state index contributed by atoms with van der Waals surface area (Å²) in [7, 11) is 0. The smallest absolute Gasteiger partial charge is 0.242 e. The van der Waals surface area contributed by atoms with E-state index in [0.717, 1.165) is 36.4 Å². The third-order valence-corrected chi connectivity index (χ3v) is 6.09. The summed E-state index contributed by atoms with van der Waals surface area (Å²) in [6.07, 6.45) is 3.58. The number of piperidine rings is 1. The van der Waals surface area contributed by atoms with Crippen molar-refractivity contribution < 1.29 is 9.90 Å². The maximum atomic E-state index is 13.1. The van der Waals surface area contributed by atoms with Gasteiger partial charge >= 0.3 is 0 Å². The van der Waals surface area contributed by atoms with Crippen LogP contribution in [0.1, 0.15) is 25.1 Å². The average molecular weight is 370 g/mol. The van der Waals surface area contributed by atoms with E-state index in [4.69, 9.17) is 0 Å². The summed E-state index contributed by atoms with van der Waals surface area (Å²) in [4.78, 5) is 22.1. The zero-order valence-electron chi connectivity index (χ0n) is 16.2. The van der Waals surface area contributed by atoms with E-state index < -0.39 is 0 Å². The van der Waals surface area contributed by atoms with Crippen LogP contribution >= 0.6 is 0 Å². The maximum Gasteiger partial charge on any atom is 0.242 e. The van der Waals surface area contributed by atoms with Crippen molar-refractivity contribution in [2.24, 2.45) is 11.8 Å². The molecule has 2 saturated heterocycles. The van der Waals surface area contributed by atoms with Crippen LogP contribution in [-0.2, 0) is 11.3 Å². The number of aryl methyl sites for hydroxylation is 1. The Morgan fingerprint density at radius 3 is 2.70 bits per heavy atom. The monoisotopic (exact) mass is 370 g/mol. The summed E-state index contributed by atoms with van der Waals surface area (Å²) in [6.45, 7) is 7.30. The fourth-order valence-corrected chi connectivity index (χ4v) is 4.75. The molecule has 27 heavy (non-hydrogen) atoms. The highest BCUT2D eigenvalue weighted by atomic mass is 16.3. The fraction of sp³-hybridized carbons (Fsp3) is 0.619. The Labute approximate surface area is 160 Å². The van der Waals surface area contributed by atoms with Crippen LogP contribution in [0, 0.1) is 18.8 Å². The lowest BCUT2D eigenvalue weighted by molar-refractivity contribution is -0.135. The largest absolute Gasteiger partial charge is 0.396 e. The van der Waals surface area contributed by atoms with E-state index in [2.05, 4.69) is 9.88 Å². The Morgan fingerprint density at radius 2 is 1.93 bits per heavy atom. The van der Waals surface area contributed by atoms with Crippen LogP contribution < -0.4 is 0 Å². The normalized spacial score (nSPS) is 24.0. The van der Waals surface area contributed by atoms with Crippen LogP contribution in [0.15, 0.2) is 24.3 Å². The van der Waals surface area contributed by atoms with Crippen molar-refractivity contribution in [3.8, 4) is 0 Å². The Morgan fingerprint density at radius 1 is 1.19 bits per heavy atom. The van der Waals surface area contributed by atoms with E-state index in [9.17, 15) is 9.90 Å². The molecule has 0 aliphatic carbocycles. The lowest BCUT2D eigenvalue weighted by Gasteiger charge is -2.38. The van der Waals surface area contributed by atoms with Crippen LogP contribution in [0.25, 0.3) is 11.0 Å². The van der Waals surface area contributed by atoms with Gasteiger partial charge in [-0.2, -0.15) is 0 Å². The van der Waals surface area contributed by atoms with Crippen LogP contribution in [0.5, 0.6) is 0 Å². The van der Waals surface area contributed by atoms with Crippen molar-refractivity contribution >= 4 is 16.9 Å². The van der Waals surface area contributed by atoms with Gasteiger partial charge in [-0.1, -0.05) is 12.1 Å². The van der Waals surface area contributed by atoms with Gasteiger partial charge in [0.15, 0.2) is 0 Å². The molecule has 2 atom stereocenters. The van der Waals surface area contributed by atoms with E-state index in [1.54, 1.807) is 0 Å². The highest BCUT2D eigenvalue weighted by Gasteiger charge is 2.31. The molecule has 3 heterocycles. The standard InChI is InChI=1S/C21H30N4O2/c1-16-22-19-6-2-3-7-20(19)25(16)14-21(27)24-12-17(10-18(13-24)15-26)11-23-8-4-5-9-23/h2-3,6-7,17-18,26H,4-5,8-15H2,1H3/t17-,18-/m1/s1. The molecule has 2 aliphatic heterocycles. The summed E-state index contributed by atoms with van der Waals surface area (Å²) in [6, 6.07) is 7.96. The lowest BCUT2D eigenvalue weighted by atomic mass is 9.89. The number of imidazole rings is 1. The molecule has 2 aliphatic rings. The number of amides is 1. The molecule has 2 aromatic rings. The molecule has 2 fully saturated rings. The molecule has 6 heteroatoms. The molecule has 0 unspecified atom stereocenters. The SMILES string of the molecule is Cc1nc2ccccc2n1CC(=O)N1C[C@H](CO)C[C@H](CN2CCCC2)C1. The number of carbonyl (C=O) groups excluding carboxylic acids is 1. The summed E-state index contributed by atoms with van der Waals surface area (Å²) in [5.41, 5.74) is 1.94. The molecular weight excluding hydrogens is 340 g/mol. The number of hydrogen-bond acceptors (Lipinski definition) is 4. The summed E-state index contributed by atoms with van der Waals surface area (Å²) in [5.74, 6) is 1.65. The van der Waals surface area contributed by atoms with Crippen molar-refractivity contribution in [2.45, 2.75) is 32.7 Å². The van der Waals surface area contributed by atoms with Gasteiger partial charge in [0.25, 0.3) is 0 Å². The minimum atomic E-state index is 0.130. The minimum absolute atomic E-state index is 0.130. The molecule has 0 bridgehead atoms. The number of carbonyl (C=O) groups is 1. The van der Waals surface area contributed by atoms with Gasteiger partial charge in [-0.25, -0.2) is 4.98 Å². The number of aliphatic hydroxyl groups is 1. The Bertz CT molecular complexity index is 797. The number of benzene rings is 1. The van der Waals surface area contributed by atoms with Crippen molar-refractivity contribution in [3.63, 3.8) is 0 Å². The lowest BCUT2D eigenvalue weighted by Crippen LogP contribution is -2.48. The van der Waals surface area contributed by atoms with Crippen molar-refractivity contribution in [2.75, 3.05) is 39.3 Å². The molecule has 0 spiro atoms. The third-order valence-electron chi connectivity index (χ3n) is 6.09. The number of rotatable bonds is 5. The van der Waals surface area contributed by atoms with Gasteiger partial charge in [0.2, 0.25) is 5.91 Å². The first kappa shape index (κ1) is 18.4. The molecular formula is C21H30N4O2. The first-order chi connectivity index (χ1) is 13.1. The second-order valence-corrected chi connectivity index (χ2v) is 8.19. The predicted octanol–water partition coefficient (Wildman–Crippen LogP) is 1.90. The van der Waals surface area contributed by atoms with Gasteiger partial charge in [-0.3, -0.25) is 4.79 Å². The van der Waals surface area contributed by atoms with Crippen LogP contribution in [0.4, 0.5) is 0 Å². The quantitative estimate of drug-likeness (QED) is 0.873. The van der Waals surface area contributed by atoms with Gasteiger partial charge in [-0.05, 0) is 63.2 Å². The second kappa shape index (κ2) is 7.98. The third kappa shape index (κ3) is 4.01. The van der Waals surface area contributed by atoms with Gasteiger partial charge < -0.3 is 19.5 Å². The van der Waals surface area contributed by atoms with Crippen LogP contribution in [0.3, 0.4) is 0 Å². The molecule has 0 saturated carbocycles. The Kier molecular flexibility index (Phi) is 5.45. The summed E-state index contributed by atoms with van der Waals surface area (Å²) in [5, 5.41) is 9.74. The molecule has 1 amide bonds. The topological polar surface area (TPSA) is 61.6 Å². The van der Waals surface area contributed by atoms with Crippen LogP contribution in [0.2, 0.25) is 0 Å². The number of aromatic nitrogens is 2. The fourth-order valence-electron chi connectivity index (χ4n) is 4.75. The van der Waals surface area contributed by atoms with Crippen molar-refractivity contribution in [1.82, 2.24) is 19.4 Å². The average Bonchev–Trinajstić information content (AvgIpc) is 3.29. The van der Waals surface area contributed by atoms with Crippen molar-refractivity contribution in [3.05, 3.63) is 30.1 Å². The highest BCUT2D eigenvalue weighted by Crippen LogP contribution is 2.25. The maximum absolute atomic E-state index is 13.1. The highest BCUT2D eigenvalue weighted by molar-refractivity contribution is 5.81. The second-order valence-electron chi connectivity index (χ2n) is 8.19. The predicted molar refractivity (Wildman–Crippen MR) is 105 cm³/mol. The molecule has 1 aromatic heterocycles. The minimum Gasteiger partial charge on any atom is -0.396 e. The molecule has 4 rings (SSSR count). The number of aliphatic hydroxyl groups excluding tert-OH is 1. The number of fused-ring (bicyclic) bond motifs is 1. The molecule has 1 aromatic carbocycles. The van der Waals surface area contributed by atoms with Crippen molar-refractivity contribution in [1.29, 1.82) is 0 Å². The Hall–Kier alpha value is -1.92. The molecule has 6 nitrogen and oxygen atoms in total. The van der Waals surface area contributed by atoms with E-state index in [0.29, 0.717) is 19.0 Å². The summed E-state index contributed by atoms with van der Waals surface area (Å²) >= 11 is 0. The zero-order chi connectivity index (χ0) is 18.8. The number of hydrogen-bond donors (Lipinski definition) is 1. The molecule has 146 valence electrons. The molecule has 0 radical (unpaired) electrons. The number of likely N-dealkylation sites (tertiary alicyclic amines) is 2. The zero-order valence-corrected chi connectivity index (χ0v) is 16.2. The first-order valence-corrected chi connectivity index (χ1v) is 10.2. The number of nitrogens with zero attached hydrogens (tertiary/aromatic N) is 4. The summed E-state index contributed by atoms with van der Waals surface area (Å²) < 4.78 is 2.01.